The van der Waals surface area contributed by atoms with E-state index in [9.17, 15) is 35.1 Å². The first kappa shape index (κ1) is 15.7. The molecule has 19 heavy (non-hydrogen) atoms. The van der Waals surface area contributed by atoms with Crippen LogP contribution in [0.2, 0.25) is 0 Å². The highest BCUT2D eigenvalue weighted by Gasteiger charge is 2.80. The molecule has 0 aromatic heterocycles. The van der Waals surface area contributed by atoms with E-state index in [2.05, 4.69) is 0 Å². The van der Waals surface area contributed by atoms with Crippen molar-refractivity contribution in [2.45, 2.75) is 23.9 Å². The fourth-order valence-corrected chi connectivity index (χ4v) is 1.32. The van der Waals surface area contributed by atoms with Crippen LogP contribution in [0.15, 0.2) is 24.3 Å². The molecule has 1 aromatic carbocycles. The van der Waals surface area contributed by atoms with E-state index in [1.165, 1.54) is 0 Å². The molecule has 1 atom stereocenters. The first-order valence-corrected chi connectivity index (χ1v) is 4.56. The number of hydrogen-bond donors (Lipinski definition) is 1. The van der Waals surface area contributed by atoms with E-state index in [1.807, 2.05) is 0 Å². The van der Waals surface area contributed by atoms with Crippen molar-refractivity contribution in [1.82, 2.24) is 0 Å². The van der Waals surface area contributed by atoms with Gasteiger partial charge in [-0.3, -0.25) is 0 Å². The molecule has 1 unspecified atom stereocenters. The molecule has 9 heteroatoms. The number of alkyl halides is 8. The highest BCUT2D eigenvalue weighted by Crippen LogP contribution is 2.55. The Morgan fingerprint density at radius 2 is 1.37 bits per heavy atom. The fraction of sp³-hybridized carbons (Fsp3) is 0.400. The summed E-state index contributed by atoms with van der Waals surface area (Å²) in [6, 6.07) is 4.33. The zero-order chi connectivity index (χ0) is 15.1. The average molecular weight is 293 g/mol. The summed E-state index contributed by atoms with van der Waals surface area (Å²) in [6.45, 7) is 0. The molecule has 0 bridgehead atoms. The maximum Gasteiger partial charge on any atom is 0.457 e. The second kappa shape index (κ2) is 4.32. The van der Waals surface area contributed by atoms with Crippen molar-refractivity contribution in [1.29, 1.82) is 0 Å². The Kier molecular flexibility index (Phi) is 3.57. The number of hydrogen-bond acceptors (Lipinski definition) is 1. The molecule has 0 aliphatic heterocycles. The molecule has 0 saturated heterocycles. The fourth-order valence-electron chi connectivity index (χ4n) is 1.32. The Bertz CT molecular complexity index is 435. The van der Waals surface area contributed by atoms with Gasteiger partial charge in [-0.25, -0.2) is 0 Å². The van der Waals surface area contributed by atoms with Gasteiger partial charge in [0.05, 0.1) is 0 Å². The molecule has 1 nitrogen and oxygen atoms in total. The lowest BCUT2D eigenvalue weighted by molar-refractivity contribution is -0.409. The molecule has 0 amide bonds. The molecule has 0 aliphatic carbocycles. The van der Waals surface area contributed by atoms with Crippen molar-refractivity contribution < 1.29 is 40.2 Å². The van der Waals surface area contributed by atoms with Gasteiger partial charge in [-0.1, -0.05) is 24.3 Å². The zero-order valence-electron chi connectivity index (χ0n) is 8.78. The van der Waals surface area contributed by atoms with Crippen LogP contribution in [0.1, 0.15) is 5.56 Å². The van der Waals surface area contributed by atoms with E-state index < -0.39 is 29.4 Å². The van der Waals surface area contributed by atoms with Crippen LogP contribution in [0.4, 0.5) is 35.1 Å². The summed E-state index contributed by atoms with van der Waals surface area (Å²) in [7, 11) is 0. The number of benzene rings is 1. The maximum atomic E-state index is 13.0. The quantitative estimate of drug-likeness (QED) is 0.828. The first-order valence-electron chi connectivity index (χ1n) is 4.56. The Hall–Kier alpha value is -1.38. The molecule has 1 N–H and O–H groups in total. The zero-order valence-corrected chi connectivity index (χ0v) is 8.78. The van der Waals surface area contributed by atoms with Gasteiger partial charge in [-0.05, 0) is 6.07 Å². The highest BCUT2D eigenvalue weighted by molar-refractivity contribution is 5.27. The molecule has 1 radical (unpaired) electrons. The van der Waals surface area contributed by atoms with E-state index >= 15 is 0 Å². The van der Waals surface area contributed by atoms with Gasteiger partial charge in [0.25, 0.3) is 5.60 Å². The van der Waals surface area contributed by atoms with Gasteiger partial charge in [-0.15, -0.1) is 0 Å². The molecule has 1 aromatic rings. The van der Waals surface area contributed by atoms with Gasteiger partial charge in [0.2, 0.25) is 0 Å². The Morgan fingerprint density at radius 3 is 1.68 bits per heavy atom. The standard InChI is InChI=1S/C10H5F8O/c11-8(12,10(16,17)18)7(19,9(13,14)15)6-4-2-1-3-5-6/h1-4,19H. The Morgan fingerprint density at radius 1 is 0.842 bits per heavy atom. The second-order valence-corrected chi connectivity index (χ2v) is 3.56. The lowest BCUT2D eigenvalue weighted by Gasteiger charge is -2.37. The van der Waals surface area contributed by atoms with Crippen LogP contribution >= 0.6 is 0 Å². The van der Waals surface area contributed by atoms with Crippen LogP contribution in [0.5, 0.6) is 0 Å². The van der Waals surface area contributed by atoms with Crippen molar-refractivity contribution in [3.63, 3.8) is 0 Å². The van der Waals surface area contributed by atoms with Gasteiger partial charge in [0.15, 0.2) is 0 Å². The molecule has 107 valence electrons. The SMILES string of the molecule is OC(c1[c]cccc1)(C(F)(F)F)C(F)(F)C(F)(F)F. The first-order chi connectivity index (χ1) is 8.36. The van der Waals surface area contributed by atoms with E-state index in [4.69, 9.17) is 5.11 Å². The minimum Gasteiger partial charge on any atom is -0.371 e. The monoisotopic (exact) mass is 293 g/mol. The molecule has 0 heterocycles. The van der Waals surface area contributed by atoms with Gasteiger partial charge >= 0.3 is 18.3 Å². The van der Waals surface area contributed by atoms with Gasteiger partial charge in [0, 0.05) is 5.56 Å². The van der Waals surface area contributed by atoms with E-state index in [1.54, 1.807) is 6.07 Å². The number of halogens is 8. The van der Waals surface area contributed by atoms with Crippen molar-refractivity contribution in [3.05, 3.63) is 35.9 Å². The molecule has 0 saturated carbocycles. The Labute approximate surface area is 101 Å². The number of rotatable bonds is 2. The van der Waals surface area contributed by atoms with E-state index in [-0.39, 0.29) is 6.07 Å². The van der Waals surface area contributed by atoms with Crippen LogP contribution in [0, 0.1) is 6.07 Å². The summed E-state index contributed by atoms with van der Waals surface area (Å²) in [4.78, 5) is 0. The maximum absolute atomic E-state index is 13.0. The highest BCUT2D eigenvalue weighted by atomic mass is 19.4. The second-order valence-electron chi connectivity index (χ2n) is 3.56. The van der Waals surface area contributed by atoms with Crippen molar-refractivity contribution in [3.8, 4) is 0 Å². The molecule has 0 fully saturated rings. The van der Waals surface area contributed by atoms with Gasteiger partial charge in [0.1, 0.15) is 0 Å². The third kappa shape index (κ3) is 2.26. The van der Waals surface area contributed by atoms with Crippen molar-refractivity contribution in [2.24, 2.45) is 0 Å². The minimum absolute atomic E-state index is 0.285. The van der Waals surface area contributed by atoms with Crippen LogP contribution in [0.3, 0.4) is 0 Å². The van der Waals surface area contributed by atoms with Crippen molar-refractivity contribution in [2.75, 3.05) is 0 Å². The largest absolute Gasteiger partial charge is 0.457 e. The minimum atomic E-state index is -6.58. The predicted octanol–water partition coefficient (Wildman–Crippen LogP) is 3.43. The third-order valence-corrected chi connectivity index (χ3v) is 2.32. The molecule has 0 aliphatic rings. The summed E-state index contributed by atoms with van der Waals surface area (Å²) < 4.78 is 100. The van der Waals surface area contributed by atoms with Gasteiger partial charge in [-0.2, -0.15) is 35.1 Å². The Balaban J connectivity index is 3.57. The molecule has 0 spiro atoms. The summed E-state index contributed by atoms with van der Waals surface area (Å²) in [6.07, 6.45) is -12.8. The summed E-state index contributed by atoms with van der Waals surface area (Å²) in [5, 5.41) is 9.06. The smallest absolute Gasteiger partial charge is 0.371 e. The lowest BCUT2D eigenvalue weighted by Crippen LogP contribution is -2.62. The van der Waals surface area contributed by atoms with Crippen molar-refractivity contribution >= 4 is 0 Å². The molecule has 1 rings (SSSR count). The van der Waals surface area contributed by atoms with Crippen LogP contribution in [0.25, 0.3) is 0 Å². The number of aliphatic hydroxyl groups is 1. The lowest BCUT2D eigenvalue weighted by atomic mass is 9.86. The summed E-state index contributed by atoms with van der Waals surface area (Å²) in [5.41, 5.74) is -7.12. The van der Waals surface area contributed by atoms with E-state index in [0.29, 0.717) is 6.07 Å². The normalized spacial score (nSPS) is 17.1. The average Bonchev–Trinajstić information content (AvgIpc) is 2.25. The van der Waals surface area contributed by atoms with E-state index in [0.717, 1.165) is 12.1 Å². The summed E-state index contributed by atoms with van der Waals surface area (Å²) >= 11 is 0. The third-order valence-electron chi connectivity index (χ3n) is 2.32. The topological polar surface area (TPSA) is 20.2 Å². The molecular formula is C10H5F8O. The predicted molar refractivity (Wildman–Crippen MR) is 46.2 cm³/mol. The van der Waals surface area contributed by atoms with Crippen LogP contribution < -0.4 is 0 Å². The summed E-state index contributed by atoms with van der Waals surface area (Å²) in [5.74, 6) is -6.42. The molecular weight excluding hydrogens is 288 g/mol. The van der Waals surface area contributed by atoms with Crippen LogP contribution in [-0.4, -0.2) is 23.4 Å². The van der Waals surface area contributed by atoms with Crippen LogP contribution in [-0.2, 0) is 5.60 Å². The van der Waals surface area contributed by atoms with Gasteiger partial charge < -0.3 is 5.11 Å².